The molecule has 15 rings (SSSR count). The van der Waals surface area contributed by atoms with E-state index in [1.54, 1.807) is 0 Å². The van der Waals surface area contributed by atoms with Crippen LogP contribution in [-0.4, -0.2) is 11.1 Å². The number of hydrogen-bond donors (Lipinski definition) is 0. The molecular weight excluding hydrogens is 953 g/mol. The monoisotopic (exact) mass is 1020 g/mol. The normalized spacial score (nSPS) is 22.8. The zero-order valence-corrected chi connectivity index (χ0v) is 46.5. The summed E-state index contributed by atoms with van der Waals surface area (Å²) in [4.78, 5) is 5.44. The Morgan fingerprint density at radius 3 is 1.11 bits per heavy atom. The van der Waals surface area contributed by atoms with Crippen LogP contribution in [0.2, 0.25) is 0 Å². The van der Waals surface area contributed by atoms with E-state index < -0.39 is 0 Å². The highest BCUT2D eigenvalue weighted by atomic mass is 15.3. The Bertz CT molecular complexity index is 4200. The summed E-state index contributed by atoms with van der Waals surface area (Å²) in [6.07, 6.45) is 13.7. The van der Waals surface area contributed by atoms with E-state index in [9.17, 15) is 0 Å². The fourth-order valence-electron chi connectivity index (χ4n) is 16.4. The van der Waals surface area contributed by atoms with Crippen molar-refractivity contribution in [2.75, 3.05) is 9.80 Å². The lowest BCUT2D eigenvalue weighted by Gasteiger charge is -2.48. The number of rotatable bonds is 6. The second kappa shape index (κ2) is 18.3. The number of nitrogens with zero attached hydrogens (tertiary/aromatic N) is 2. The van der Waals surface area contributed by atoms with Gasteiger partial charge in [0.05, 0.1) is 11.1 Å². The molecule has 0 N–H and O–H groups in total. The molecule has 0 saturated heterocycles. The Labute approximate surface area is 467 Å². The van der Waals surface area contributed by atoms with Crippen LogP contribution in [0.3, 0.4) is 0 Å². The van der Waals surface area contributed by atoms with Gasteiger partial charge in [-0.15, -0.1) is 0 Å². The molecule has 2 fully saturated rings. The molecule has 2 aliphatic heterocycles. The maximum absolute atomic E-state index is 2.73. The van der Waals surface area contributed by atoms with E-state index >= 15 is 0 Å². The fourth-order valence-corrected chi connectivity index (χ4v) is 16.4. The minimum absolute atomic E-state index is 0.00233. The van der Waals surface area contributed by atoms with Crippen molar-refractivity contribution in [2.24, 2.45) is 0 Å². The van der Waals surface area contributed by atoms with E-state index in [2.05, 4.69) is 256 Å². The van der Waals surface area contributed by atoms with Gasteiger partial charge in [0.2, 0.25) is 0 Å². The third-order valence-corrected chi connectivity index (χ3v) is 20.9. The van der Waals surface area contributed by atoms with Crippen molar-refractivity contribution in [1.82, 2.24) is 0 Å². The standard InChI is InChI=1S/C77H70N2/c1-74-44-18-5-6-20-46-76(74,3)78(58-28-10-7-11-29-58)70-42-38-56(50-68(70)74)54-36-40-64-66(48-54)72(62-34-22-26-52-24-14-16-32-60(52)62)65-41-37-55(49-67(65)73(64)63-35-23-27-53-25-15-17-33-61(53)63)57-39-43-71-69(51-57)75(2)45-19-9-21-47-77(75,4)79(71)59-30-12-8-13-31-59/h7-8,10-17,22-43,48-51H,5-6,9,18-21,44-47H2,1-4H3. The fraction of sp³-hybridized carbons (Fsp3) is 0.247. The van der Waals surface area contributed by atoms with Gasteiger partial charge in [-0.05, 0) is 199 Å². The molecule has 0 bridgehead atoms. The van der Waals surface area contributed by atoms with Gasteiger partial charge in [-0.1, -0.05) is 217 Å². The molecule has 0 aromatic heterocycles. The summed E-state index contributed by atoms with van der Waals surface area (Å²) in [6.45, 7) is 10.3. The maximum atomic E-state index is 2.73. The zero-order chi connectivity index (χ0) is 53.1. The Morgan fingerprint density at radius 1 is 0.291 bits per heavy atom. The van der Waals surface area contributed by atoms with Crippen LogP contribution in [0.15, 0.2) is 218 Å². The van der Waals surface area contributed by atoms with E-state index in [1.165, 1.54) is 192 Å². The summed E-state index contributed by atoms with van der Waals surface area (Å²) in [6, 6.07) is 84.2. The van der Waals surface area contributed by atoms with Crippen molar-refractivity contribution in [1.29, 1.82) is 0 Å². The van der Waals surface area contributed by atoms with Gasteiger partial charge in [0.15, 0.2) is 0 Å². The number of hydrogen-bond acceptors (Lipinski definition) is 2. The Hall–Kier alpha value is -7.94. The third-order valence-electron chi connectivity index (χ3n) is 20.9. The van der Waals surface area contributed by atoms with E-state index in [-0.39, 0.29) is 21.9 Å². The number of para-hydroxylation sites is 2. The van der Waals surface area contributed by atoms with Gasteiger partial charge in [-0.3, -0.25) is 0 Å². The molecule has 388 valence electrons. The molecule has 2 heterocycles. The molecule has 0 radical (unpaired) electrons. The summed E-state index contributed by atoms with van der Waals surface area (Å²) >= 11 is 0. The largest absolute Gasteiger partial charge is 0.334 e. The minimum Gasteiger partial charge on any atom is -0.334 e. The van der Waals surface area contributed by atoms with Gasteiger partial charge in [0.1, 0.15) is 0 Å². The van der Waals surface area contributed by atoms with E-state index in [1.807, 2.05) is 0 Å². The van der Waals surface area contributed by atoms with E-state index in [0.717, 1.165) is 0 Å². The lowest BCUT2D eigenvalue weighted by molar-refractivity contribution is 0.218. The average Bonchev–Trinajstić information content (AvgIpc) is 3.06. The topological polar surface area (TPSA) is 6.48 Å². The molecule has 0 spiro atoms. The van der Waals surface area contributed by atoms with Crippen LogP contribution in [0.25, 0.3) is 87.6 Å². The number of benzene rings is 11. The van der Waals surface area contributed by atoms with Crippen LogP contribution < -0.4 is 9.80 Å². The maximum Gasteiger partial charge on any atom is 0.0517 e. The Kier molecular flexibility index (Phi) is 11.2. The van der Waals surface area contributed by atoms with Crippen molar-refractivity contribution in [2.45, 2.75) is 120 Å². The van der Waals surface area contributed by atoms with Gasteiger partial charge in [-0.2, -0.15) is 0 Å². The summed E-state index contributed by atoms with van der Waals surface area (Å²) in [5.74, 6) is 0. The van der Waals surface area contributed by atoms with Crippen molar-refractivity contribution in [3.05, 3.63) is 230 Å². The highest BCUT2D eigenvalue weighted by Gasteiger charge is 2.58. The van der Waals surface area contributed by atoms with Gasteiger partial charge in [0, 0.05) is 33.6 Å². The number of anilines is 4. The van der Waals surface area contributed by atoms with Crippen LogP contribution >= 0.6 is 0 Å². The summed E-state index contributed by atoms with van der Waals surface area (Å²) < 4.78 is 0. The SMILES string of the molecule is CC12CCCCCCC1(C)N(c1ccccc1)c1ccc(-c3ccc4c(-c5cccc6ccccc56)c5cc(-c6ccc7c(c6)C6(C)CCCCCC6(C)N7c6ccccc6)ccc5c(-c5cccc6ccccc56)c4c3)cc12. The van der Waals surface area contributed by atoms with Crippen LogP contribution in [0, 0.1) is 0 Å². The van der Waals surface area contributed by atoms with Gasteiger partial charge in [-0.25, -0.2) is 0 Å². The van der Waals surface area contributed by atoms with Crippen molar-refractivity contribution < 1.29 is 0 Å². The third kappa shape index (κ3) is 7.15. The molecule has 4 atom stereocenters. The van der Waals surface area contributed by atoms with Crippen molar-refractivity contribution >= 4 is 65.8 Å². The van der Waals surface area contributed by atoms with Gasteiger partial charge in [0.25, 0.3) is 0 Å². The molecule has 2 nitrogen and oxygen atoms in total. The van der Waals surface area contributed by atoms with Gasteiger partial charge < -0.3 is 9.80 Å². The Morgan fingerprint density at radius 2 is 0.658 bits per heavy atom. The molecule has 11 aromatic carbocycles. The second-order valence-corrected chi connectivity index (χ2v) is 24.8. The molecule has 79 heavy (non-hydrogen) atoms. The predicted molar refractivity (Wildman–Crippen MR) is 338 cm³/mol. The molecule has 0 amide bonds. The molecule has 2 saturated carbocycles. The van der Waals surface area contributed by atoms with Crippen molar-refractivity contribution in [3.63, 3.8) is 0 Å². The van der Waals surface area contributed by atoms with Gasteiger partial charge >= 0.3 is 0 Å². The van der Waals surface area contributed by atoms with E-state index in [0.29, 0.717) is 0 Å². The molecule has 4 aliphatic rings. The lowest BCUT2D eigenvalue weighted by atomic mass is 9.63. The van der Waals surface area contributed by atoms with E-state index in [4.69, 9.17) is 0 Å². The summed E-state index contributed by atoms with van der Waals surface area (Å²) in [7, 11) is 0. The zero-order valence-electron chi connectivity index (χ0n) is 46.5. The van der Waals surface area contributed by atoms with Crippen LogP contribution in [0.1, 0.15) is 109 Å². The molecule has 2 aliphatic carbocycles. The molecule has 11 aromatic rings. The lowest BCUT2D eigenvalue weighted by Crippen LogP contribution is -2.53. The average molecular weight is 1020 g/mol. The first-order valence-corrected chi connectivity index (χ1v) is 29.7. The summed E-state index contributed by atoms with van der Waals surface area (Å²) in [5.41, 5.74) is 18.4. The smallest absolute Gasteiger partial charge is 0.0517 e. The summed E-state index contributed by atoms with van der Waals surface area (Å²) in [5, 5.41) is 10.2. The first-order valence-electron chi connectivity index (χ1n) is 29.7. The van der Waals surface area contributed by atoms with Crippen LogP contribution in [0.4, 0.5) is 22.7 Å². The first kappa shape index (κ1) is 48.2. The highest BCUT2D eigenvalue weighted by molar-refractivity contribution is 6.26. The quantitative estimate of drug-likeness (QED) is 0.153. The Balaban J connectivity index is 0.985. The van der Waals surface area contributed by atoms with Crippen LogP contribution in [-0.2, 0) is 10.8 Å². The van der Waals surface area contributed by atoms with Crippen molar-refractivity contribution in [3.8, 4) is 44.5 Å². The predicted octanol–water partition coefficient (Wildman–Crippen LogP) is 21.6. The minimum atomic E-state index is -0.0398. The molecule has 4 unspecified atom stereocenters. The second-order valence-electron chi connectivity index (χ2n) is 24.8. The molecular formula is C77H70N2. The first-order chi connectivity index (χ1) is 38.7. The molecule has 2 heteroatoms. The number of fused-ring (bicyclic) bond motifs is 10. The highest BCUT2D eigenvalue weighted by Crippen LogP contribution is 2.62. The van der Waals surface area contributed by atoms with Crippen LogP contribution in [0.5, 0.6) is 0 Å².